The van der Waals surface area contributed by atoms with Crippen LogP contribution in [0, 0.1) is 5.41 Å². The first-order valence-corrected chi connectivity index (χ1v) is 8.04. The highest BCUT2D eigenvalue weighted by Gasteiger charge is 2.27. The lowest BCUT2D eigenvalue weighted by Crippen LogP contribution is -2.45. The molecule has 1 heterocycles. The van der Waals surface area contributed by atoms with E-state index in [-0.39, 0.29) is 11.3 Å². The largest absolute Gasteiger partial charge is 0.486 e. The fraction of sp³-hybridized carbons (Fsp3) is 0.333. The van der Waals surface area contributed by atoms with E-state index in [9.17, 15) is 4.79 Å². The van der Waals surface area contributed by atoms with Gasteiger partial charge in [0.2, 0.25) is 5.91 Å². The molecule has 1 amide bonds. The number of hydrogen-bond acceptors (Lipinski definition) is 4. The van der Waals surface area contributed by atoms with Crippen LogP contribution < -0.4 is 15.8 Å². The van der Waals surface area contributed by atoms with Crippen molar-refractivity contribution in [3.05, 3.63) is 53.3 Å². The van der Waals surface area contributed by atoms with Crippen molar-refractivity contribution in [3.63, 3.8) is 0 Å². The number of nitrogens with two attached hydrogens (primary N) is 1. The summed E-state index contributed by atoms with van der Waals surface area (Å²) < 4.78 is 5.65. The van der Waals surface area contributed by atoms with Gasteiger partial charge in [0.25, 0.3) is 0 Å². The lowest BCUT2D eigenvalue weighted by atomic mass is 9.87. The molecule has 2 aromatic rings. The maximum Gasteiger partial charge on any atom is 0.241 e. The summed E-state index contributed by atoms with van der Waals surface area (Å²) >= 11 is 6.22. The molecule has 1 aromatic heterocycles. The number of benzene rings is 1. The first-order chi connectivity index (χ1) is 11.3. The first-order valence-electron chi connectivity index (χ1n) is 7.66. The first kappa shape index (κ1) is 18.2. The lowest BCUT2D eigenvalue weighted by Gasteiger charge is -2.25. The van der Waals surface area contributed by atoms with Crippen LogP contribution in [-0.4, -0.2) is 16.9 Å². The molecular formula is C18H22ClN3O2. The quantitative estimate of drug-likeness (QED) is 0.865. The Hall–Kier alpha value is -2.11. The van der Waals surface area contributed by atoms with Gasteiger partial charge >= 0.3 is 0 Å². The summed E-state index contributed by atoms with van der Waals surface area (Å²) in [5, 5.41) is 3.18. The Kier molecular flexibility index (Phi) is 5.80. The minimum atomic E-state index is -0.614. The van der Waals surface area contributed by atoms with Crippen molar-refractivity contribution in [3.8, 4) is 5.75 Å². The summed E-state index contributed by atoms with van der Waals surface area (Å²) in [7, 11) is 0. The summed E-state index contributed by atoms with van der Waals surface area (Å²) in [6, 6.07) is 10.1. The third kappa shape index (κ3) is 4.94. The number of aromatic nitrogens is 1. The van der Waals surface area contributed by atoms with Gasteiger partial charge in [0.15, 0.2) is 0 Å². The fourth-order valence-electron chi connectivity index (χ4n) is 1.94. The minimum absolute atomic E-state index is 0.249. The monoisotopic (exact) mass is 347 g/mol. The van der Waals surface area contributed by atoms with Crippen molar-refractivity contribution in [2.45, 2.75) is 33.4 Å². The molecule has 1 aromatic carbocycles. The zero-order valence-corrected chi connectivity index (χ0v) is 14.8. The molecule has 0 bridgehead atoms. The van der Waals surface area contributed by atoms with Crippen LogP contribution in [0.25, 0.3) is 0 Å². The van der Waals surface area contributed by atoms with Gasteiger partial charge in [0.1, 0.15) is 12.4 Å². The highest BCUT2D eigenvalue weighted by atomic mass is 35.5. The third-order valence-corrected chi connectivity index (χ3v) is 3.81. The predicted octanol–water partition coefficient (Wildman–Crippen LogP) is 3.63. The van der Waals surface area contributed by atoms with Gasteiger partial charge in [-0.2, -0.15) is 0 Å². The second-order valence-electron chi connectivity index (χ2n) is 6.59. The molecule has 2 rings (SSSR count). The van der Waals surface area contributed by atoms with Gasteiger partial charge in [0, 0.05) is 11.9 Å². The molecule has 3 N–H and O–H groups in total. The van der Waals surface area contributed by atoms with Gasteiger partial charge < -0.3 is 15.8 Å². The van der Waals surface area contributed by atoms with Crippen LogP contribution in [0.3, 0.4) is 0 Å². The molecule has 24 heavy (non-hydrogen) atoms. The zero-order valence-electron chi connectivity index (χ0n) is 14.0. The highest BCUT2D eigenvalue weighted by molar-refractivity contribution is 6.32. The van der Waals surface area contributed by atoms with Gasteiger partial charge in [-0.1, -0.05) is 38.4 Å². The molecule has 0 fully saturated rings. The Balaban J connectivity index is 2.00. The van der Waals surface area contributed by atoms with E-state index in [1.54, 1.807) is 24.4 Å². The van der Waals surface area contributed by atoms with E-state index in [0.29, 0.717) is 23.1 Å². The molecule has 128 valence electrons. The molecule has 0 aliphatic rings. The second kappa shape index (κ2) is 7.64. The van der Waals surface area contributed by atoms with Crippen LogP contribution >= 0.6 is 11.6 Å². The number of nitrogens with zero attached hydrogens (tertiary/aromatic N) is 1. The van der Waals surface area contributed by atoms with E-state index < -0.39 is 6.04 Å². The SMILES string of the molecule is CC(C)(C)[C@H](N)C(=O)Nc1ccc(OCc2ccccn2)c(Cl)c1. The van der Waals surface area contributed by atoms with Gasteiger partial charge in [0.05, 0.1) is 16.8 Å². The molecule has 0 saturated carbocycles. The van der Waals surface area contributed by atoms with Gasteiger partial charge in [-0.15, -0.1) is 0 Å². The Morgan fingerprint density at radius 1 is 1.33 bits per heavy atom. The van der Waals surface area contributed by atoms with Crippen LogP contribution in [0.2, 0.25) is 5.02 Å². The number of anilines is 1. The Labute approximate surface area is 147 Å². The Bertz CT molecular complexity index is 699. The fourth-order valence-corrected chi connectivity index (χ4v) is 2.18. The maximum absolute atomic E-state index is 12.1. The average molecular weight is 348 g/mol. The molecule has 0 aliphatic heterocycles. The predicted molar refractivity (Wildman–Crippen MR) is 96.1 cm³/mol. The molecule has 0 radical (unpaired) electrons. The van der Waals surface area contributed by atoms with E-state index in [2.05, 4.69) is 10.3 Å². The number of amides is 1. The van der Waals surface area contributed by atoms with Gasteiger partial charge in [-0.3, -0.25) is 9.78 Å². The minimum Gasteiger partial charge on any atom is -0.486 e. The number of rotatable bonds is 5. The summed E-state index contributed by atoms with van der Waals surface area (Å²) in [5.41, 5.74) is 7.01. The molecule has 1 atom stereocenters. The molecule has 5 nitrogen and oxygen atoms in total. The number of nitrogens with one attached hydrogen (secondary N) is 1. The number of hydrogen-bond donors (Lipinski definition) is 2. The van der Waals surface area contributed by atoms with Crippen LogP contribution in [0.4, 0.5) is 5.69 Å². The van der Waals surface area contributed by atoms with Crippen LogP contribution in [0.15, 0.2) is 42.6 Å². The van der Waals surface area contributed by atoms with Crippen molar-refractivity contribution < 1.29 is 9.53 Å². The van der Waals surface area contributed by atoms with Gasteiger partial charge in [-0.05, 0) is 35.7 Å². The molecule has 0 aliphatic carbocycles. The number of pyridine rings is 1. The molecule has 6 heteroatoms. The maximum atomic E-state index is 12.1. The van der Waals surface area contributed by atoms with Crippen LogP contribution in [0.5, 0.6) is 5.75 Å². The summed E-state index contributed by atoms with van der Waals surface area (Å²) in [6.07, 6.45) is 1.71. The number of carbonyl (C=O) groups excluding carboxylic acids is 1. The molecular weight excluding hydrogens is 326 g/mol. The van der Waals surface area contributed by atoms with Crippen molar-refractivity contribution in [2.24, 2.45) is 11.1 Å². The average Bonchev–Trinajstić information content (AvgIpc) is 2.53. The van der Waals surface area contributed by atoms with E-state index in [0.717, 1.165) is 5.69 Å². The van der Waals surface area contributed by atoms with Crippen molar-refractivity contribution in [2.75, 3.05) is 5.32 Å². The van der Waals surface area contributed by atoms with E-state index in [1.807, 2.05) is 39.0 Å². The molecule has 0 unspecified atom stereocenters. The van der Waals surface area contributed by atoms with E-state index in [4.69, 9.17) is 22.1 Å². The zero-order chi connectivity index (χ0) is 17.7. The van der Waals surface area contributed by atoms with Crippen LogP contribution in [0.1, 0.15) is 26.5 Å². The number of halogens is 1. The number of carbonyl (C=O) groups is 1. The third-order valence-electron chi connectivity index (χ3n) is 3.52. The van der Waals surface area contributed by atoms with E-state index in [1.165, 1.54) is 0 Å². The van der Waals surface area contributed by atoms with Crippen molar-refractivity contribution >= 4 is 23.2 Å². The van der Waals surface area contributed by atoms with Crippen molar-refractivity contribution in [1.82, 2.24) is 4.98 Å². The smallest absolute Gasteiger partial charge is 0.241 e. The molecule has 0 spiro atoms. The van der Waals surface area contributed by atoms with Crippen molar-refractivity contribution in [1.29, 1.82) is 0 Å². The van der Waals surface area contributed by atoms with Gasteiger partial charge in [-0.25, -0.2) is 0 Å². The topological polar surface area (TPSA) is 77.2 Å². The Morgan fingerprint density at radius 2 is 2.08 bits per heavy atom. The summed E-state index contributed by atoms with van der Waals surface area (Å²) in [5.74, 6) is 0.279. The Morgan fingerprint density at radius 3 is 2.67 bits per heavy atom. The standard InChI is InChI=1S/C18H22ClN3O2/c1-18(2,3)16(20)17(23)22-12-7-8-15(14(19)10-12)24-11-13-6-4-5-9-21-13/h4-10,16H,11,20H2,1-3H3,(H,22,23)/t16-/m1/s1. The van der Waals surface area contributed by atoms with Crippen LogP contribution in [-0.2, 0) is 11.4 Å². The second-order valence-corrected chi connectivity index (χ2v) is 7.00. The van der Waals surface area contributed by atoms with E-state index >= 15 is 0 Å². The summed E-state index contributed by atoms with van der Waals surface area (Å²) in [6.45, 7) is 6.07. The highest BCUT2D eigenvalue weighted by Crippen LogP contribution is 2.29. The summed E-state index contributed by atoms with van der Waals surface area (Å²) in [4.78, 5) is 16.3. The molecule has 0 saturated heterocycles. The lowest BCUT2D eigenvalue weighted by molar-refractivity contribution is -0.119. The number of ether oxygens (including phenoxy) is 1. The normalized spacial score (nSPS) is 12.5.